The molecule has 17 heavy (non-hydrogen) atoms. The van der Waals surface area contributed by atoms with Gasteiger partial charge in [0.15, 0.2) is 11.6 Å². The third-order valence-electron chi connectivity index (χ3n) is 2.60. The number of halogens is 1. The van der Waals surface area contributed by atoms with Crippen molar-refractivity contribution < 1.29 is 13.5 Å². The Bertz CT molecular complexity index is 482. The first kappa shape index (κ1) is 11.7. The van der Waals surface area contributed by atoms with Crippen LogP contribution in [0.25, 0.3) is 0 Å². The molecule has 0 saturated carbocycles. The normalized spacial score (nSPS) is 12.4. The van der Waals surface area contributed by atoms with Gasteiger partial charge in [-0.25, -0.2) is 4.39 Å². The van der Waals surface area contributed by atoms with Crippen molar-refractivity contribution in [3.8, 4) is 5.75 Å². The molecule has 0 saturated heterocycles. The van der Waals surface area contributed by atoms with E-state index in [4.69, 9.17) is 14.9 Å². The third kappa shape index (κ3) is 2.65. The molecule has 0 amide bonds. The zero-order valence-corrected chi connectivity index (χ0v) is 9.52. The van der Waals surface area contributed by atoms with Gasteiger partial charge >= 0.3 is 0 Å². The fourth-order valence-corrected chi connectivity index (χ4v) is 1.67. The molecule has 1 aromatic carbocycles. The second-order valence-corrected chi connectivity index (χ2v) is 3.78. The number of benzene rings is 1. The van der Waals surface area contributed by atoms with Crippen molar-refractivity contribution in [2.45, 2.75) is 12.5 Å². The van der Waals surface area contributed by atoms with Crippen molar-refractivity contribution in [1.82, 2.24) is 0 Å². The largest absolute Gasteiger partial charge is 0.494 e. The number of hydrogen-bond acceptors (Lipinski definition) is 3. The molecule has 0 radical (unpaired) electrons. The molecule has 4 heteroatoms. The summed E-state index contributed by atoms with van der Waals surface area (Å²) < 4.78 is 23.4. The SMILES string of the molecule is COc1cc(C(N)Cc2ccco2)ccc1F. The van der Waals surface area contributed by atoms with Gasteiger partial charge in [-0.15, -0.1) is 0 Å². The number of nitrogens with two attached hydrogens (primary N) is 1. The summed E-state index contributed by atoms with van der Waals surface area (Å²) in [5.41, 5.74) is 6.84. The molecule has 0 aliphatic rings. The van der Waals surface area contributed by atoms with E-state index in [2.05, 4.69) is 0 Å². The number of furan rings is 1. The maximum atomic E-state index is 13.2. The van der Waals surface area contributed by atoms with Gasteiger partial charge in [-0.1, -0.05) is 6.07 Å². The summed E-state index contributed by atoms with van der Waals surface area (Å²) >= 11 is 0. The number of ether oxygens (including phenoxy) is 1. The van der Waals surface area contributed by atoms with Crippen LogP contribution in [0.3, 0.4) is 0 Å². The van der Waals surface area contributed by atoms with Gasteiger partial charge in [-0.2, -0.15) is 0 Å². The molecule has 2 rings (SSSR count). The van der Waals surface area contributed by atoms with Gasteiger partial charge in [-0.3, -0.25) is 0 Å². The molecule has 0 aliphatic carbocycles. The molecule has 3 nitrogen and oxygen atoms in total. The Kier molecular flexibility index (Phi) is 3.44. The summed E-state index contributed by atoms with van der Waals surface area (Å²) in [6, 6.07) is 8.06. The highest BCUT2D eigenvalue weighted by molar-refractivity contribution is 5.32. The zero-order chi connectivity index (χ0) is 12.3. The topological polar surface area (TPSA) is 48.4 Å². The average Bonchev–Trinajstić information content (AvgIpc) is 2.82. The number of rotatable bonds is 4. The van der Waals surface area contributed by atoms with Crippen molar-refractivity contribution in [2.24, 2.45) is 5.73 Å². The van der Waals surface area contributed by atoms with Crippen LogP contribution in [0, 0.1) is 5.82 Å². The molecule has 0 spiro atoms. The lowest BCUT2D eigenvalue weighted by molar-refractivity contribution is 0.385. The summed E-state index contributed by atoms with van der Waals surface area (Å²) in [7, 11) is 1.43. The van der Waals surface area contributed by atoms with Gasteiger partial charge in [-0.05, 0) is 29.8 Å². The molecule has 1 unspecified atom stereocenters. The van der Waals surface area contributed by atoms with Crippen LogP contribution in [0.1, 0.15) is 17.4 Å². The quantitative estimate of drug-likeness (QED) is 0.886. The van der Waals surface area contributed by atoms with Crippen LogP contribution in [-0.2, 0) is 6.42 Å². The van der Waals surface area contributed by atoms with E-state index in [1.807, 2.05) is 12.1 Å². The van der Waals surface area contributed by atoms with Gasteiger partial charge in [0.2, 0.25) is 0 Å². The maximum Gasteiger partial charge on any atom is 0.165 e. The van der Waals surface area contributed by atoms with E-state index in [0.29, 0.717) is 6.42 Å². The van der Waals surface area contributed by atoms with Crippen molar-refractivity contribution in [3.63, 3.8) is 0 Å². The second kappa shape index (κ2) is 5.01. The van der Waals surface area contributed by atoms with Crippen LogP contribution in [0.15, 0.2) is 41.0 Å². The lowest BCUT2D eigenvalue weighted by Gasteiger charge is -2.12. The Balaban J connectivity index is 2.16. The molecule has 0 fully saturated rings. The standard InChI is InChI=1S/C13H14FNO2/c1-16-13-7-9(4-5-11(13)14)12(15)8-10-3-2-6-17-10/h2-7,12H,8,15H2,1H3. The average molecular weight is 235 g/mol. The van der Waals surface area contributed by atoms with E-state index in [0.717, 1.165) is 11.3 Å². The Labute approximate surface area is 99.0 Å². The summed E-state index contributed by atoms with van der Waals surface area (Å²) in [6.45, 7) is 0. The molecule has 2 aromatic rings. The monoisotopic (exact) mass is 235 g/mol. The molecule has 0 bridgehead atoms. The van der Waals surface area contributed by atoms with Crippen LogP contribution in [0.2, 0.25) is 0 Å². The zero-order valence-electron chi connectivity index (χ0n) is 9.52. The van der Waals surface area contributed by atoms with Crippen LogP contribution in [-0.4, -0.2) is 7.11 Å². The minimum absolute atomic E-state index is 0.206. The fraction of sp³-hybridized carbons (Fsp3) is 0.231. The van der Waals surface area contributed by atoms with Gasteiger partial charge in [0.1, 0.15) is 5.76 Å². The molecular weight excluding hydrogens is 221 g/mol. The summed E-state index contributed by atoms with van der Waals surface area (Å²) in [6.07, 6.45) is 2.18. The van der Waals surface area contributed by atoms with Crippen LogP contribution >= 0.6 is 0 Å². The first-order valence-corrected chi connectivity index (χ1v) is 5.32. The molecule has 0 aliphatic heterocycles. The lowest BCUT2D eigenvalue weighted by Crippen LogP contribution is -2.13. The molecule has 90 valence electrons. The van der Waals surface area contributed by atoms with E-state index >= 15 is 0 Å². The highest BCUT2D eigenvalue weighted by atomic mass is 19.1. The van der Waals surface area contributed by atoms with Gasteiger partial charge in [0, 0.05) is 12.5 Å². The van der Waals surface area contributed by atoms with E-state index in [1.165, 1.54) is 13.2 Å². The van der Waals surface area contributed by atoms with Crippen LogP contribution < -0.4 is 10.5 Å². The first-order valence-electron chi connectivity index (χ1n) is 5.32. The van der Waals surface area contributed by atoms with Gasteiger partial charge < -0.3 is 14.9 Å². The molecule has 1 heterocycles. The second-order valence-electron chi connectivity index (χ2n) is 3.78. The molecule has 2 N–H and O–H groups in total. The van der Waals surface area contributed by atoms with Crippen molar-refractivity contribution >= 4 is 0 Å². The van der Waals surface area contributed by atoms with Crippen LogP contribution in [0.5, 0.6) is 5.75 Å². The predicted octanol–water partition coefficient (Wildman–Crippen LogP) is 2.67. The van der Waals surface area contributed by atoms with Crippen molar-refractivity contribution in [3.05, 3.63) is 53.7 Å². The number of methoxy groups -OCH3 is 1. The summed E-state index contributed by atoms with van der Waals surface area (Å²) in [5.74, 6) is 0.625. The number of hydrogen-bond donors (Lipinski definition) is 1. The maximum absolute atomic E-state index is 13.2. The predicted molar refractivity (Wildman–Crippen MR) is 62.3 cm³/mol. The van der Waals surface area contributed by atoms with Crippen LogP contribution in [0.4, 0.5) is 4.39 Å². The van der Waals surface area contributed by atoms with Crippen molar-refractivity contribution in [2.75, 3.05) is 7.11 Å². The molecular formula is C13H14FNO2. The fourth-order valence-electron chi connectivity index (χ4n) is 1.67. The minimum Gasteiger partial charge on any atom is -0.494 e. The molecule has 1 atom stereocenters. The minimum atomic E-state index is -0.388. The van der Waals surface area contributed by atoms with E-state index in [-0.39, 0.29) is 17.6 Å². The summed E-state index contributed by atoms with van der Waals surface area (Å²) in [5, 5.41) is 0. The Hall–Kier alpha value is -1.81. The van der Waals surface area contributed by atoms with E-state index in [1.54, 1.807) is 18.4 Å². The third-order valence-corrected chi connectivity index (χ3v) is 2.60. The Morgan fingerprint density at radius 3 is 2.88 bits per heavy atom. The summed E-state index contributed by atoms with van der Waals surface area (Å²) in [4.78, 5) is 0. The smallest absolute Gasteiger partial charge is 0.165 e. The van der Waals surface area contributed by atoms with E-state index < -0.39 is 0 Å². The molecule has 1 aromatic heterocycles. The Morgan fingerprint density at radius 2 is 2.24 bits per heavy atom. The highest BCUT2D eigenvalue weighted by Crippen LogP contribution is 2.23. The Morgan fingerprint density at radius 1 is 1.41 bits per heavy atom. The van der Waals surface area contributed by atoms with Gasteiger partial charge in [0.25, 0.3) is 0 Å². The highest BCUT2D eigenvalue weighted by Gasteiger charge is 2.11. The van der Waals surface area contributed by atoms with Gasteiger partial charge in [0.05, 0.1) is 13.4 Å². The van der Waals surface area contributed by atoms with E-state index in [9.17, 15) is 4.39 Å². The first-order chi connectivity index (χ1) is 8.20. The lowest BCUT2D eigenvalue weighted by atomic mass is 10.0. The van der Waals surface area contributed by atoms with Crippen molar-refractivity contribution in [1.29, 1.82) is 0 Å².